The van der Waals surface area contributed by atoms with Crippen LogP contribution in [-0.4, -0.2) is 13.9 Å². The maximum Gasteiger partial charge on any atom is 0.534 e. The van der Waals surface area contributed by atoms with Crippen molar-refractivity contribution in [2.24, 2.45) is 0 Å². The van der Waals surface area contributed by atoms with Crippen molar-refractivity contribution in [3.63, 3.8) is 0 Å². The number of rotatable bonds is 4. The van der Waals surface area contributed by atoms with E-state index in [-0.39, 0.29) is 5.75 Å². The lowest BCUT2D eigenvalue weighted by Crippen LogP contribution is -2.28. The van der Waals surface area contributed by atoms with Crippen LogP contribution >= 0.6 is 0 Å². The fourth-order valence-electron chi connectivity index (χ4n) is 1.09. The van der Waals surface area contributed by atoms with Gasteiger partial charge in [-0.2, -0.15) is 21.6 Å². The summed E-state index contributed by atoms with van der Waals surface area (Å²) in [6, 6.07) is 5.19. The van der Waals surface area contributed by atoms with Crippen LogP contribution < -0.4 is 4.18 Å². The molecule has 0 atom stereocenters. The molecule has 0 aliphatic rings. The third-order valence-electron chi connectivity index (χ3n) is 1.96. The summed E-state index contributed by atoms with van der Waals surface area (Å²) in [4.78, 5) is 0. The molecule has 19 heavy (non-hydrogen) atoms. The number of alkyl halides is 3. The summed E-state index contributed by atoms with van der Waals surface area (Å²) in [7, 11) is -5.61. The lowest BCUT2D eigenvalue weighted by atomic mass is 10.2. The molecule has 0 unspecified atom stereocenters. The molecule has 0 spiro atoms. The molecule has 0 aliphatic heterocycles. The molecule has 0 heterocycles. The molecule has 0 saturated heterocycles. The average Bonchev–Trinajstić information content (AvgIpc) is 2.30. The van der Waals surface area contributed by atoms with E-state index in [1.807, 2.05) is 13.0 Å². The molecule has 3 nitrogen and oxygen atoms in total. The summed E-state index contributed by atoms with van der Waals surface area (Å²) < 4.78 is 61.7. The van der Waals surface area contributed by atoms with Crippen LogP contribution in [-0.2, 0) is 10.1 Å². The first-order chi connectivity index (χ1) is 8.76. The Labute approximate surface area is 109 Å². The molecule has 0 saturated carbocycles. The fraction of sp³-hybridized carbons (Fsp3) is 0.167. The fourth-order valence-corrected chi connectivity index (χ4v) is 1.55. The average molecular weight is 292 g/mol. The second-order valence-electron chi connectivity index (χ2n) is 3.44. The third-order valence-corrected chi connectivity index (χ3v) is 2.94. The van der Waals surface area contributed by atoms with E-state index in [0.717, 1.165) is 12.1 Å². The lowest BCUT2D eigenvalue weighted by Gasteiger charge is -2.09. The van der Waals surface area contributed by atoms with Crippen molar-refractivity contribution < 1.29 is 25.8 Å². The lowest BCUT2D eigenvalue weighted by molar-refractivity contribution is -0.0500. The molecule has 1 rings (SSSR count). The molecular weight excluding hydrogens is 281 g/mol. The van der Waals surface area contributed by atoms with Gasteiger partial charge in [-0.05, 0) is 24.6 Å². The number of allylic oxidation sites excluding steroid dienone is 3. The first kappa shape index (κ1) is 15.3. The summed E-state index contributed by atoms with van der Waals surface area (Å²) in [5.74, 6) is -0.388. The zero-order valence-corrected chi connectivity index (χ0v) is 10.7. The molecule has 0 fully saturated rings. The number of hydrogen-bond donors (Lipinski definition) is 0. The maximum atomic E-state index is 12.1. The van der Waals surface area contributed by atoms with E-state index in [9.17, 15) is 21.6 Å². The first-order valence-corrected chi connectivity index (χ1v) is 6.57. The van der Waals surface area contributed by atoms with Crippen LogP contribution in [0.25, 0.3) is 6.08 Å². The number of halogens is 3. The van der Waals surface area contributed by atoms with Gasteiger partial charge in [-0.15, -0.1) is 0 Å². The van der Waals surface area contributed by atoms with Crippen LogP contribution in [0.3, 0.4) is 0 Å². The molecule has 7 heteroatoms. The second-order valence-corrected chi connectivity index (χ2v) is 4.97. The predicted molar refractivity (Wildman–Crippen MR) is 65.9 cm³/mol. The Morgan fingerprint density at radius 2 is 1.68 bits per heavy atom. The van der Waals surface area contributed by atoms with Gasteiger partial charge >= 0.3 is 15.6 Å². The van der Waals surface area contributed by atoms with Gasteiger partial charge in [0.2, 0.25) is 0 Å². The van der Waals surface area contributed by atoms with Crippen molar-refractivity contribution in [3.8, 4) is 5.75 Å². The minimum Gasteiger partial charge on any atom is -0.376 e. The zero-order chi connectivity index (χ0) is 14.5. The molecule has 0 radical (unpaired) electrons. The van der Waals surface area contributed by atoms with Gasteiger partial charge in [-0.25, -0.2) is 0 Å². The molecule has 0 amide bonds. The molecule has 1 aromatic carbocycles. The molecular formula is C12H11F3O3S. The Hall–Kier alpha value is -1.76. The second kappa shape index (κ2) is 5.92. The van der Waals surface area contributed by atoms with Crippen LogP contribution in [0.4, 0.5) is 13.2 Å². The van der Waals surface area contributed by atoms with Crippen LogP contribution in [0.1, 0.15) is 12.5 Å². The third kappa shape index (κ3) is 4.44. The minimum atomic E-state index is -5.61. The minimum absolute atomic E-state index is 0.388. The number of benzene rings is 1. The van der Waals surface area contributed by atoms with Crippen molar-refractivity contribution in [1.29, 1.82) is 0 Å². The van der Waals surface area contributed by atoms with E-state index in [0.29, 0.717) is 5.56 Å². The smallest absolute Gasteiger partial charge is 0.376 e. The van der Waals surface area contributed by atoms with Crippen molar-refractivity contribution in [2.75, 3.05) is 0 Å². The highest BCUT2D eigenvalue weighted by atomic mass is 32.2. The summed E-state index contributed by atoms with van der Waals surface area (Å²) >= 11 is 0. The van der Waals surface area contributed by atoms with Gasteiger partial charge in [0.1, 0.15) is 5.75 Å². The largest absolute Gasteiger partial charge is 0.534 e. The summed E-state index contributed by atoms with van der Waals surface area (Å²) in [6.07, 6.45) is 7.03. The molecule has 0 bridgehead atoms. The van der Waals surface area contributed by atoms with E-state index in [2.05, 4.69) is 4.18 Å². The Balaban J connectivity index is 2.84. The maximum absolute atomic E-state index is 12.1. The topological polar surface area (TPSA) is 43.4 Å². The Kier molecular flexibility index (Phi) is 4.77. The van der Waals surface area contributed by atoms with Crippen molar-refractivity contribution >= 4 is 16.2 Å². The van der Waals surface area contributed by atoms with Gasteiger partial charge in [0.05, 0.1) is 0 Å². The Morgan fingerprint density at radius 1 is 1.11 bits per heavy atom. The first-order valence-electron chi connectivity index (χ1n) is 5.16. The van der Waals surface area contributed by atoms with Gasteiger partial charge in [-0.3, -0.25) is 0 Å². The highest BCUT2D eigenvalue weighted by Crippen LogP contribution is 2.27. The summed E-state index contributed by atoms with van der Waals surface area (Å²) in [5, 5.41) is 0. The zero-order valence-electron chi connectivity index (χ0n) is 9.89. The van der Waals surface area contributed by atoms with E-state index in [1.54, 1.807) is 18.2 Å². The Morgan fingerprint density at radius 3 is 2.16 bits per heavy atom. The standard InChI is InChI=1S/C12H11F3O3S/c1-2-3-4-5-10-6-8-11(9-7-10)18-19(16,17)12(13,14)15/h2-9H,1H3. The highest BCUT2D eigenvalue weighted by Gasteiger charge is 2.48. The quantitative estimate of drug-likeness (QED) is 0.484. The summed E-state index contributed by atoms with van der Waals surface area (Å²) in [6.45, 7) is 1.84. The van der Waals surface area contributed by atoms with E-state index < -0.39 is 15.6 Å². The normalized spacial score (nSPS) is 13.3. The van der Waals surface area contributed by atoms with Crippen molar-refractivity contribution in [1.82, 2.24) is 0 Å². The number of hydrogen-bond acceptors (Lipinski definition) is 3. The molecule has 0 aromatic heterocycles. The van der Waals surface area contributed by atoms with Gasteiger partial charge in [0.15, 0.2) is 0 Å². The van der Waals surface area contributed by atoms with Gasteiger partial charge in [0, 0.05) is 0 Å². The van der Waals surface area contributed by atoms with Crippen LogP contribution in [0.2, 0.25) is 0 Å². The van der Waals surface area contributed by atoms with Crippen LogP contribution in [0, 0.1) is 0 Å². The van der Waals surface area contributed by atoms with E-state index in [4.69, 9.17) is 0 Å². The highest BCUT2D eigenvalue weighted by molar-refractivity contribution is 7.87. The predicted octanol–water partition coefficient (Wildman–Crippen LogP) is 3.50. The van der Waals surface area contributed by atoms with Gasteiger partial charge < -0.3 is 4.18 Å². The SMILES string of the molecule is CC=CC=Cc1ccc(OS(=O)(=O)C(F)(F)F)cc1. The Bertz CT molecular complexity index is 569. The molecule has 0 aliphatic carbocycles. The van der Waals surface area contributed by atoms with Crippen LogP contribution in [0.5, 0.6) is 5.75 Å². The molecule has 104 valence electrons. The van der Waals surface area contributed by atoms with E-state index >= 15 is 0 Å². The van der Waals surface area contributed by atoms with Gasteiger partial charge in [-0.1, -0.05) is 36.4 Å². The van der Waals surface area contributed by atoms with Gasteiger partial charge in [0.25, 0.3) is 0 Å². The van der Waals surface area contributed by atoms with Crippen molar-refractivity contribution in [3.05, 3.63) is 48.1 Å². The van der Waals surface area contributed by atoms with Crippen molar-refractivity contribution in [2.45, 2.75) is 12.4 Å². The molecule has 1 aromatic rings. The molecule has 0 N–H and O–H groups in total. The summed E-state index contributed by atoms with van der Waals surface area (Å²) in [5.41, 5.74) is -4.73. The van der Waals surface area contributed by atoms with Crippen LogP contribution in [0.15, 0.2) is 42.5 Å². The monoisotopic (exact) mass is 292 g/mol. The van der Waals surface area contributed by atoms with E-state index in [1.165, 1.54) is 12.1 Å².